The molecule has 0 rings (SSSR count). The third-order valence-corrected chi connectivity index (χ3v) is 9.65. The van der Waals surface area contributed by atoms with Gasteiger partial charge in [0.1, 0.15) is 0 Å². The Morgan fingerprint density at radius 3 is 2.10 bits per heavy atom. The Bertz CT molecular complexity index is 135. The molecule has 2 nitrogen and oxygen atoms in total. The number of primary amides is 1. The number of hydrogen-bond donors (Lipinski definition) is 1. The van der Waals surface area contributed by atoms with Crippen molar-refractivity contribution < 1.29 is 4.79 Å². The zero-order chi connectivity index (χ0) is 8.36. The van der Waals surface area contributed by atoms with Gasteiger partial charge in [0, 0.05) is 0 Å². The average molecular weight is 265 g/mol. The van der Waals surface area contributed by atoms with E-state index in [1.54, 1.807) is 6.92 Å². The van der Waals surface area contributed by atoms with E-state index in [9.17, 15) is 4.79 Å². The molecule has 0 radical (unpaired) electrons. The van der Waals surface area contributed by atoms with Crippen molar-refractivity contribution >= 4 is 46.4 Å². The number of carbonyl (C=O) groups is 1. The number of halogens is 3. The Hall–Kier alpha value is 0.883. The quantitative estimate of drug-likeness (QED) is 0.778. The second-order valence-corrected chi connectivity index (χ2v) is 18.8. The topological polar surface area (TPSA) is 43.1 Å². The van der Waals surface area contributed by atoms with Crippen molar-refractivity contribution in [2.75, 3.05) is 0 Å². The fraction of sp³-hybridized carbons (Fsp3) is 0.750. The standard InChI is InChI=1S/C4H8Cl3GeNO/c1-3(2-4(9)10)8(5,6)7/h3H,2H2,1H3,(H2,9,10). The molecular formula is C4H8Cl3GeNO. The van der Waals surface area contributed by atoms with Crippen LogP contribution >= 0.6 is 30.0 Å². The maximum absolute atomic E-state index is 10.3. The zero-order valence-electron chi connectivity index (χ0n) is 5.40. The normalized spacial score (nSPS) is 14.8. The Morgan fingerprint density at radius 2 is 2.00 bits per heavy atom. The fourth-order valence-corrected chi connectivity index (χ4v) is 2.53. The monoisotopic (exact) mass is 265 g/mol. The third kappa shape index (κ3) is 4.66. The number of nitrogens with two attached hydrogens (primary N) is 1. The van der Waals surface area contributed by atoms with Gasteiger partial charge in [-0.15, -0.1) is 0 Å². The van der Waals surface area contributed by atoms with Crippen LogP contribution in [0.25, 0.3) is 0 Å². The number of amides is 1. The van der Waals surface area contributed by atoms with Crippen molar-refractivity contribution in [2.45, 2.75) is 18.1 Å². The molecule has 60 valence electrons. The van der Waals surface area contributed by atoms with Crippen molar-refractivity contribution in [1.29, 1.82) is 0 Å². The first-order valence-corrected chi connectivity index (χ1v) is 12.2. The molecule has 0 aliphatic carbocycles. The van der Waals surface area contributed by atoms with Crippen LogP contribution in [0, 0.1) is 0 Å². The van der Waals surface area contributed by atoms with E-state index in [0.717, 1.165) is 0 Å². The summed E-state index contributed by atoms with van der Waals surface area (Å²) in [5.41, 5.74) is 4.91. The molecule has 10 heavy (non-hydrogen) atoms. The van der Waals surface area contributed by atoms with Gasteiger partial charge in [-0.2, -0.15) is 0 Å². The second kappa shape index (κ2) is 4.05. The van der Waals surface area contributed by atoms with Gasteiger partial charge >= 0.3 is 75.0 Å². The van der Waals surface area contributed by atoms with Gasteiger partial charge < -0.3 is 0 Å². The first-order valence-electron chi connectivity index (χ1n) is 2.69. The van der Waals surface area contributed by atoms with E-state index in [2.05, 4.69) is 0 Å². The number of carbonyl (C=O) groups excluding carboxylic acids is 1. The predicted octanol–water partition coefficient (Wildman–Crippen LogP) is 1.91. The van der Waals surface area contributed by atoms with Crippen molar-refractivity contribution in [3.63, 3.8) is 0 Å². The summed E-state index contributed by atoms with van der Waals surface area (Å²) in [6, 6.07) is 0. The summed E-state index contributed by atoms with van der Waals surface area (Å²) < 4.78 is -0.150. The summed E-state index contributed by atoms with van der Waals surface area (Å²) in [5, 5.41) is 0. The van der Waals surface area contributed by atoms with Crippen LogP contribution in [-0.2, 0) is 4.79 Å². The minimum atomic E-state index is -3.17. The van der Waals surface area contributed by atoms with Gasteiger partial charge in [-0.25, -0.2) is 0 Å². The molecule has 0 aliphatic rings. The molecule has 6 heteroatoms. The Morgan fingerprint density at radius 1 is 1.60 bits per heavy atom. The molecule has 0 fully saturated rings. The Labute approximate surface area is 74.9 Å². The number of rotatable bonds is 3. The van der Waals surface area contributed by atoms with Crippen LogP contribution in [0.1, 0.15) is 13.3 Å². The molecule has 1 amide bonds. The fourth-order valence-electron chi connectivity index (χ4n) is 0.418. The van der Waals surface area contributed by atoms with Crippen LogP contribution in [0.15, 0.2) is 0 Å². The minimum absolute atomic E-state index is 0.150. The molecule has 0 aromatic carbocycles. The first kappa shape index (κ1) is 10.9. The summed E-state index contributed by atoms with van der Waals surface area (Å²) in [4.78, 5) is 10.3. The van der Waals surface area contributed by atoms with Gasteiger partial charge in [-0.05, 0) is 0 Å². The SMILES string of the molecule is C[CH](CC(N)=O)[Ge]([Cl])([Cl])[Cl]. The third-order valence-electron chi connectivity index (χ3n) is 1.07. The van der Waals surface area contributed by atoms with Crippen molar-refractivity contribution in [1.82, 2.24) is 0 Å². The molecule has 2 N–H and O–H groups in total. The predicted molar refractivity (Wildman–Crippen MR) is 46.5 cm³/mol. The van der Waals surface area contributed by atoms with Crippen LogP contribution in [0.2, 0.25) is 4.75 Å². The van der Waals surface area contributed by atoms with Gasteiger partial charge in [-0.3, -0.25) is 0 Å². The summed E-state index contributed by atoms with van der Waals surface area (Å²) in [6.45, 7) is 1.73. The first-order chi connectivity index (χ1) is 4.34. The second-order valence-electron chi connectivity index (χ2n) is 2.11. The van der Waals surface area contributed by atoms with Crippen molar-refractivity contribution in [2.24, 2.45) is 5.73 Å². The summed E-state index contributed by atoms with van der Waals surface area (Å²) in [7, 11) is 13.7. The van der Waals surface area contributed by atoms with Gasteiger partial charge in [-0.1, -0.05) is 0 Å². The Kier molecular flexibility index (Phi) is 4.40. The van der Waals surface area contributed by atoms with Crippen LogP contribution in [-0.4, -0.2) is 16.4 Å². The molecule has 0 heterocycles. The number of hydrogen-bond acceptors (Lipinski definition) is 1. The van der Waals surface area contributed by atoms with Gasteiger partial charge in [0.05, 0.1) is 0 Å². The van der Waals surface area contributed by atoms with E-state index in [1.165, 1.54) is 0 Å². The Balaban J connectivity index is 3.85. The van der Waals surface area contributed by atoms with E-state index >= 15 is 0 Å². The molecule has 0 spiro atoms. The molecule has 0 aromatic rings. The van der Waals surface area contributed by atoms with Crippen molar-refractivity contribution in [3.05, 3.63) is 0 Å². The van der Waals surface area contributed by atoms with Gasteiger partial charge in [0.25, 0.3) is 0 Å². The molecule has 0 saturated carbocycles. The average Bonchev–Trinajstić information content (AvgIpc) is 1.60. The van der Waals surface area contributed by atoms with E-state index in [1.807, 2.05) is 0 Å². The van der Waals surface area contributed by atoms with E-state index in [0.29, 0.717) is 0 Å². The van der Waals surface area contributed by atoms with E-state index in [4.69, 9.17) is 35.8 Å². The van der Waals surface area contributed by atoms with E-state index < -0.39 is 16.4 Å². The summed E-state index contributed by atoms with van der Waals surface area (Å²) >= 11 is 0. The summed E-state index contributed by atoms with van der Waals surface area (Å²) in [6.07, 6.45) is 0.177. The van der Waals surface area contributed by atoms with Gasteiger partial charge in [0.2, 0.25) is 0 Å². The van der Waals surface area contributed by atoms with Crippen LogP contribution < -0.4 is 5.73 Å². The molecular weight excluding hydrogens is 257 g/mol. The van der Waals surface area contributed by atoms with E-state index in [-0.39, 0.29) is 11.2 Å². The molecule has 0 saturated heterocycles. The molecule has 1 unspecified atom stereocenters. The van der Waals surface area contributed by atoms with Crippen molar-refractivity contribution in [3.8, 4) is 0 Å². The van der Waals surface area contributed by atoms with Crippen LogP contribution in [0.4, 0.5) is 0 Å². The zero-order valence-corrected chi connectivity index (χ0v) is 9.77. The van der Waals surface area contributed by atoms with Crippen LogP contribution in [0.3, 0.4) is 0 Å². The van der Waals surface area contributed by atoms with Crippen LogP contribution in [0.5, 0.6) is 0 Å². The van der Waals surface area contributed by atoms with Gasteiger partial charge in [0.15, 0.2) is 0 Å². The molecule has 1 atom stereocenters. The molecule has 0 aliphatic heterocycles. The maximum atomic E-state index is 10.3. The summed E-state index contributed by atoms with van der Waals surface area (Å²) in [5.74, 6) is -0.413. The molecule has 0 aromatic heterocycles. The molecule has 0 bridgehead atoms.